The number of rotatable bonds is 2. The number of hydrogen-bond acceptors (Lipinski definition) is 3. The van der Waals surface area contributed by atoms with Gasteiger partial charge in [0, 0.05) is 5.92 Å². The Hall–Kier alpha value is -1.30. The Morgan fingerprint density at radius 2 is 2.33 bits per heavy atom. The molecule has 0 bridgehead atoms. The summed E-state index contributed by atoms with van der Waals surface area (Å²) in [6.45, 7) is 5.87. The molecule has 64 valence electrons. The van der Waals surface area contributed by atoms with Crippen molar-refractivity contribution in [3.05, 3.63) is 17.0 Å². The molecule has 1 rings (SSSR count). The molecule has 0 radical (unpaired) electrons. The third kappa shape index (κ3) is 1.33. The van der Waals surface area contributed by atoms with Crippen molar-refractivity contribution in [1.29, 1.82) is 5.26 Å². The summed E-state index contributed by atoms with van der Waals surface area (Å²) in [6, 6.07) is 2.10. The van der Waals surface area contributed by atoms with Crippen molar-refractivity contribution < 1.29 is 4.52 Å². The molecule has 3 heteroatoms. The van der Waals surface area contributed by atoms with Crippen molar-refractivity contribution in [3.8, 4) is 6.07 Å². The number of nitrogens with zero attached hydrogens (tertiary/aromatic N) is 2. The highest BCUT2D eigenvalue weighted by atomic mass is 16.5. The fraction of sp³-hybridized carbons (Fsp3) is 0.556. The van der Waals surface area contributed by atoms with Gasteiger partial charge in [0.25, 0.3) is 0 Å². The third-order valence-electron chi connectivity index (χ3n) is 2.06. The Labute approximate surface area is 72.0 Å². The summed E-state index contributed by atoms with van der Waals surface area (Å²) in [4.78, 5) is 0. The van der Waals surface area contributed by atoms with Gasteiger partial charge in [0.05, 0.1) is 5.69 Å². The summed E-state index contributed by atoms with van der Waals surface area (Å²) in [5.74, 6) is 0.998. The van der Waals surface area contributed by atoms with Crippen molar-refractivity contribution >= 4 is 0 Å². The van der Waals surface area contributed by atoms with E-state index in [2.05, 4.69) is 18.1 Å². The number of hydrogen-bond donors (Lipinski definition) is 0. The number of aryl methyl sites for hydroxylation is 1. The van der Waals surface area contributed by atoms with Crippen molar-refractivity contribution in [3.63, 3.8) is 0 Å². The van der Waals surface area contributed by atoms with Gasteiger partial charge in [-0.2, -0.15) is 5.26 Å². The number of nitriles is 1. The molecule has 0 spiro atoms. The van der Waals surface area contributed by atoms with Crippen LogP contribution < -0.4 is 0 Å². The van der Waals surface area contributed by atoms with Gasteiger partial charge in [-0.3, -0.25) is 0 Å². The van der Waals surface area contributed by atoms with Crippen LogP contribution in [-0.4, -0.2) is 5.16 Å². The van der Waals surface area contributed by atoms with E-state index in [0.717, 1.165) is 12.2 Å². The minimum atomic E-state index is 0.279. The van der Waals surface area contributed by atoms with E-state index in [1.165, 1.54) is 0 Å². The lowest BCUT2D eigenvalue weighted by Crippen LogP contribution is -1.91. The van der Waals surface area contributed by atoms with E-state index in [1.54, 1.807) is 6.92 Å². The standard InChI is InChI=1S/C9H12N2O/c1-4-6(2)9-8(5-10)7(3)11-12-9/h6H,4H2,1-3H3. The maximum Gasteiger partial charge on any atom is 0.157 e. The second-order valence-electron chi connectivity index (χ2n) is 2.93. The second-order valence-corrected chi connectivity index (χ2v) is 2.93. The molecule has 0 saturated carbocycles. The van der Waals surface area contributed by atoms with E-state index in [9.17, 15) is 0 Å². The van der Waals surface area contributed by atoms with E-state index in [1.807, 2.05) is 6.92 Å². The average Bonchev–Trinajstić information content (AvgIpc) is 2.45. The summed E-state index contributed by atoms with van der Waals surface area (Å²) in [6.07, 6.45) is 0.962. The van der Waals surface area contributed by atoms with Gasteiger partial charge < -0.3 is 4.52 Å². The smallest absolute Gasteiger partial charge is 0.157 e. The van der Waals surface area contributed by atoms with Crippen molar-refractivity contribution in [2.45, 2.75) is 33.1 Å². The Morgan fingerprint density at radius 3 is 2.83 bits per heavy atom. The molecule has 1 atom stereocenters. The molecule has 12 heavy (non-hydrogen) atoms. The lowest BCUT2D eigenvalue weighted by atomic mass is 10.0. The maximum absolute atomic E-state index is 8.78. The second kappa shape index (κ2) is 3.40. The van der Waals surface area contributed by atoms with E-state index in [-0.39, 0.29) is 5.92 Å². The Balaban J connectivity index is 3.09. The van der Waals surface area contributed by atoms with Gasteiger partial charge in [0.2, 0.25) is 0 Å². The van der Waals surface area contributed by atoms with Crippen LogP contribution in [0.3, 0.4) is 0 Å². The van der Waals surface area contributed by atoms with Gasteiger partial charge in [-0.05, 0) is 13.3 Å². The van der Waals surface area contributed by atoms with Crippen LogP contribution in [0.4, 0.5) is 0 Å². The summed E-state index contributed by atoms with van der Waals surface area (Å²) in [5, 5.41) is 12.5. The minimum absolute atomic E-state index is 0.279. The molecular weight excluding hydrogens is 152 g/mol. The molecule has 0 fully saturated rings. The van der Waals surface area contributed by atoms with Crippen LogP contribution in [0.5, 0.6) is 0 Å². The average molecular weight is 164 g/mol. The molecule has 0 aliphatic heterocycles. The summed E-state index contributed by atoms with van der Waals surface area (Å²) >= 11 is 0. The molecule has 0 saturated heterocycles. The highest BCUT2D eigenvalue weighted by molar-refractivity contribution is 5.36. The fourth-order valence-corrected chi connectivity index (χ4v) is 1.04. The highest BCUT2D eigenvalue weighted by Crippen LogP contribution is 2.23. The van der Waals surface area contributed by atoms with Crippen LogP contribution in [0.15, 0.2) is 4.52 Å². The van der Waals surface area contributed by atoms with Crippen molar-refractivity contribution in [2.24, 2.45) is 0 Å². The normalized spacial score (nSPS) is 12.5. The molecule has 0 amide bonds. The van der Waals surface area contributed by atoms with Gasteiger partial charge >= 0.3 is 0 Å². The molecule has 0 aromatic carbocycles. The molecule has 3 nitrogen and oxygen atoms in total. The molecular formula is C9H12N2O. The molecule has 1 aromatic heterocycles. The summed E-state index contributed by atoms with van der Waals surface area (Å²) in [5.41, 5.74) is 1.29. The van der Waals surface area contributed by atoms with Crippen molar-refractivity contribution in [2.75, 3.05) is 0 Å². The zero-order chi connectivity index (χ0) is 9.14. The minimum Gasteiger partial charge on any atom is -0.359 e. The lowest BCUT2D eigenvalue weighted by Gasteiger charge is -2.01. The molecule has 0 N–H and O–H groups in total. The van der Waals surface area contributed by atoms with Crippen molar-refractivity contribution in [1.82, 2.24) is 5.16 Å². The molecule has 1 unspecified atom stereocenters. The van der Waals surface area contributed by atoms with Gasteiger partial charge in [-0.1, -0.05) is 19.0 Å². The third-order valence-corrected chi connectivity index (χ3v) is 2.06. The Kier molecular flexibility index (Phi) is 2.49. The van der Waals surface area contributed by atoms with E-state index in [0.29, 0.717) is 11.3 Å². The van der Waals surface area contributed by atoms with Crippen LogP contribution in [0.25, 0.3) is 0 Å². The molecule has 1 aromatic rings. The topological polar surface area (TPSA) is 49.8 Å². The van der Waals surface area contributed by atoms with Crippen LogP contribution in [0, 0.1) is 18.3 Å². The van der Waals surface area contributed by atoms with Gasteiger partial charge in [0.1, 0.15) is 11.6 Å². The zero-order valence-corrected chi connectivity index (χ0v) is 7.59. The largest absolute Gasteiger partial charge is 0.359 e. The first-order chi connectivity index (χ1) is 5.70. The van der Waals surface area contributed by atoms with Gasteiger partial charge in [0.15, 0.2) is 5.76 Å². The molecule has 0 aliphatic carbocycles. The lowest BCUT2D eigenvalue weighted by molar-refractivity contribution is 0.359. The van der Waals surface area contributed by atoms with E-state index < -0.39 is 0 Å². The van der Waals surface area contributed by atoms with Crippen LogP contribution >= 0.6 is 0 Å². The van der Waals surface area contributed by atoms with E-state index >= 15 is 0 Å². The number of aromatic nitrogens is 1. The monoisotopic (exact) mass is 164 g/mol. The quantitative estimate of drug-likeness (QED) is 0.674. The highest BCUT2D eigenvalue weighted by Gasteiger charge is 2.16. The first-order valence-electron chi connectivity index (χ1n) is 4.07. The van der Waals surface area contributed by atoms with E-state index in [4.69, 9.17) is 9.78 Å². The van der Waals surface area contributed by atoms with Gasteiger partial charge in [-0.25, -0.2) is 0 Å². The van der Waals surface area contributed by atoms with Crippen LogP contribution in [0.2, 0.25) is 0 Å². The fourth-order valence-electron chi connectivity index (χ4n) is 1.04. The maximum atomic E-state index is 8.78. The zero-order valence-electron chi connectivity index (χ0n) is 7.59. The van der Waals surface area contributed by atoms with Crippen LogP contribution in [0.1, 0.15) is 43.2 Å². The molecule has 1 heterocycles. The summed E-state index contributed by atoms with van der Waals surface area (Å²) in [7, 11) is 0. The first kappa shape index (κ1) is 8.79. The Morgan fingerprint density at radius 1 is 1.67 bits per heavy atom. The van der Waals surface area contributed by atoms with Gasteiger partial charge in [-0.15, -0.1) is 0 Å². The molecule has 0 aliphatic rings. The van der Waals surface area contributed by atoms with Crippen LogP contribution in [-0.2, 0) is 0 Å². The summed E-state index contributed by atoms with van der Waals surface area (Å²) < 4.78 is 5.07. The first-order valence-corrected chi connectivity index (χ1v) is 4.07. The predicted octanol–water partition coefficient (Wildman–Crippen LogP) is 2.37. The predicted molar refractivity (Wildman–Crippen MR) is 44.7 cm³/mol. The Bertz CT molecular complexity index is 309. The SMILES string of the molecule is CCC(C)c1onc(C)c1C#N.